The molecule has 2 aromatic rings. The molecule has 2 aromatic carbocycles. The molecule has 6 nitrogen and oxygen atoms in total. The summed E-state index contributed by atoms with van der Waals surface area (Å²) >= 11 is 0. The lowest BCUT2D eigenvalue weighted by Gasteiger charge is -2.10. The molecule has 6 heteroatoms. The first kappa shape index (κ1) is 23.0. The van der Waals surface area contributed by atoms with Gasteiger partial charge in [-0.25, -0.2) is 0 Å². The van der Waals surface area contributed by atoms with Gasteiger partial charge in [0.15, 0.2) is 34.6 Å². The molecular formula is C22H28O6. The van der Waals surface area contributed by atoms with Crippen molar-refractivity contribution in [2.45, 2.75) is 27.7 Å². The quantitative estimate of drug-likeness (QED) is 0.560. The number of carbonyl (C=O) groups excluding carboxylic acids is 2. The highest BCUT2D eigenvalue weighted by Crippen LogP contribution is 2.28. The van der Waals surface area contributed by atoms with E-state index >= 15 is 0 Å². The van der Waals surface area contributed by atoms with E-state index in [1.807, 2.05) is 13.8 Å². The summed E-state index contributed by atoms with van der Waals surface area (Å²) in [5.41, 5.74) is 1.08. The van der Waals surface area contributed by atoms with Gasteiger partial charge in [0.2, 0.25) is 0 Å². The Hall–Kier alpha value is -3.02. The van der Waals surface area contributed by atoms with E-state index in [-0.39, 0.29) is 34.9 Å². The minimum absolute atomic E-state index is 0.0110. The second kappa shape index (κ2) is 10.3. The van der Waals surface area contributed by atoms with Crippen LogP contribution in [0.2, 0.25) is 0 Å². The van der Waals surface area contributed by atoms with Gasteiger partial charge < -0.3 is 19.7 Å². The van der Waals surface area contributed by atoms with Crippen LogP contribution in [0.25, 0.3) is 0 Å². The lowest BCUT2D eigenvalue weighted by Crippen LogP contribution is -2.07. The van der Waals surface area contributed by atoms with Crippen LogP contribution >= 0.6 is 0 Å². The number of benzene rings is 2. The second-order valence-electron chi connectivity index (χ2n) is 6.81. The number of Topliss-reactive ketones (excluding diaryl/α,β-unsaturated/α-hetero) is 2. The molecule has 0 heterocycles. The second-order valence-corrected chi connectivity index (χ2v) is 6.81. The predicted octanol–water partition coefficient (Wildman–Crippen LogP) is 4.48. The number of phenolic OH excluding ortho intramolecular Hbond substituents is 2. The van der Waals surface area contributed by atoms with E-state index in [1.54, 1.807) is 46.3 Å². The van der Waals surface area contributed by atoms with Crippen molar-refractivity contribution in [1.29, 1.82) is 0 Å². The van der Waals surface area contributed by atoms with Crippen molar-refractivity contribution in [3.8, 4) is 23.0 Å². The lowest BCUT2D eigenvalue weighted by molar-refractivity contribution is 0.0932. The minimum atomic E-state index is -0.258. The molecular weight excluding hydrogens is 360 g/mol. The molecule has 0 amide bonds. The smallest absolute Gasteiger partial charge is 0.165 e. The van der Waals surface area contributed by atoms with Gasteiger partial charge in [-0.05, 0) is 36.4 Å². The van der Waals surface area contributed by atoms with Gasteiger partial charge in [0.05, 0.1) is 14.2 Å². The van der Waals surface area contributed by atoms with Crippen LogP contribution < -0.4 is 9.47 Å². The standard InChI is InChI=1S/C12H16O3.C10H12O3/c1-8(2)12(13)9-5-6-10(14-3)11(7-9)15-4;1-6(2)10(13)7-3-4-8(11)9(12)5-7/h5-8H,1-4H3;3-6,11-12H,1-2H3. The highest BCUT2D eigenvalue weighted by molar-refractivity contribution is 5.98. The van der Waals surface area contributed by atoms with Crippen LogP contribution in [0.5, 0.6) is 23.0 Å². The van der Waals surface area contributed by atoms with E-state index < -0.39 is 0 Å². The molecule has 0 unspecified atom stereocenters. The number of carbonyl (C=O) groups is 2. The summed E-state index contributed by atoms with van der Waals surface area (Å²) in [6, 6.07) is 9.29. The zero-order valence-corrected chi connectivity index (χ0v) is 17.1. The largest absolute Gasteiger partial charge is 0.504 e. The lowest BCUT2D eigenvalue weighted by atomic mass is 10.0. The summed E-state index contributed by atoms with van der Waals surface area (Å²) < 4.78 is 10.2. The molecule has 0 fully saturated rings. The SMILES string of the molecule is CC(C)C(=O)c1ccc(O)c(O)c1.COc1ccc(C(=O)C(C)C)cc1OC. The van der Waals surface area contributed by atoms with Gasteiger partial charge in [0.1, 0.15) is 0 Å². The fourth-order valence-corrected chi connectivity index (χ4v) is 2.33. The third-order valence-corrected chi connectivity index (χ3v) is 3.98. The first-order valence-electron chi connectivity index (χ1n) is 8.94. The predicted molar refractivity (Wildman–Crippen MR) is 108 cm³/mol. The van der Waals surface area contributed by atoms with Crippen LogP contribution in [-0.4, -0.2) is 36.0 Å². The van der Waals surface area contributed by atoms with Crippen LogP contribution in [-0.2, 0) is 0 Å². The Kier molecular flexibility index (Phi) is 8.51. The van der Waals surface area contributed by atoms with Crippen molar-refractivity contribution in [2.75, 3.05) is 14.2 Å². The van der Waals surface area contributed by atoms with Crippen molar-refractivity contribution >= 4 is 11.6 Å². The Morgan fingerprint density at radius 2 is 1.18 bits per heavy atom. The number of ketones is 2. The maximum absolute atomic E-state index is 11.7. The van der Waals surface area contributed by atoms with E-state index in [9.17, 15) is 9.59 Å². The molecule has 0 saturated carbocycles. The van der Waals surface area contributed by atoms with Gasteiger partial charge >= 0.3 is 0 Å². The zero-order chi connectivity index (χ0) is 21.4. The molecule has 0 aliphatic carbocycles. The van der Waals surface area contributed by atoms with Crippen LogP contribution in [0.1, 0.15) is 48.4 Å². The van der Waals surface area contributed by atoms with E-state index in [4.69, 9.17) is 19.7 Å². The number of phenols is 2. The number of methoxy groups -OCH3 is 2. The molecule has 0 spiro atoms. The summed E-state index contributed by atoms with van der Waals surface area (Å²) in [5, 5.41) is 18.1. The molecule has 2 rings (SSSR count). The molecule has 0 atom stereocenters. The Morgan fingerprint density at radius 3 is 1.61 bits per heavy atom. The first-order chi connectivity index (χ1) is 13.1. The van der Waals surface area contributed by atoms with Crippen LogP contribution in [0.15, 0.2) is 36.4 Å². The summed E-state index contributed by atoms with van der Waals surface area (Å²) in [7, 11) is 3.13. The molecule has 0 aliphatic heterocycles. The van der Waals surface area contributed by atoms with Crippen molar-refractivity contribution in [3.05, 3.63) is 47.5 Å². The van der Waals surface area contributed by atoms with Gasteiger partial charge in [0, 0.05) is 23.0 Å². The fourth-order valence-electron chi connectivity index (χ4n) is 2.33. The van der Waals surface area contributed by atoms with Gasteiger partial charge in [-0.3, -0.25) is 9.59 Å². The fraction of sp³-hybridized carbons (Fsp3) is 0.364. The third-order valence-electron chi connectivity index (χ3n) is 3.98. The number of aromatic hydroxyl groups is 2. The van der Waals surface area contributed by atoms with Crippen LogP contribution in [0, 0.1) is 11.8 Å². The highest BCUT2D eigenvalue weighted by Gasteiger charge is 2.13. The normalized spacial score (nSPS) is 10.3. The number of ether oxygens (including phenoxy) is 2. The Morgan fingerprint density at radius 1 is 0.714 bits per heavy atom. The minimum Gasteiger partial charge on any atom is -0.504 e. The summed E-state index contributed by atoms with van der Waals surface area (Å²) in [6.07, 6.45) is 0. The maximum atomic E-state index is 11.7. The molecule has 0 aliphatic rings. The van der Waals surface area contributed by atoms with Gasteiger partial charge in [-0.1, -0.05) is 27.7 Å². The van der Waals surface area contributed by atoms with Gasteiger partial charge in [0.25, 0.3) is 0 Å². The molecule has 0 radical (unpaired) electrons. The molecule has 2 N–H and O–H groups in total. The number of rotatable bonds is 6. The van der Waals surface area contributed by atoms with Gasteiger partial charge in [-0.2, -0.15) is 0 Å². The highest BCUT2D eigenvalue weighted by atomic mass is 16.5. The average molecular weight is 388 g/mol. The van der Waals surface area contributed by atoms with E-state index in [0.717, 1.165) is 0 Å². The van der Waals surface area contributed by atoms with E-state index in [2.05, 4.69) is 0 Å². The van der Waals surface area contributed by atoms with E-state index in [1.165, 1.54) is 18.2 Å². The van der Waals surface area contributed by atoms with Crippen molar-refractivity contribution in [1.82, 2.24) is 0 Å². The number of hydrogen-bond donors (Lipinski definition) is 2. The average Bonchev–Trinajstić information content (AvgIpc) is 2.68. The van der Waals surface area contributed by atoms with Crippen molar-refractivity contribution in [2.24, 2.45) is 11.8 Å². The van der Waals surface area contributed by atoms with Crippen LogP contribution in [0.3, 0.4) is 0 Å². The zero-order valence-electron chi connectivity index (χ0n) is 17.1. The Balaban J connectivity index is 0.000000283. The first-order valence-corrected chi connectivity index (χ1v) is 8.94. The van der Waals surface area contributed by atoms with Crippen LogP contribution in [0.4, 0.5) is 0 Å². The Bertz CT molecular complexity index is 824. The molecule has 28 heavy (non-hydrogen) atoms. The van der Waals surface area contributed by atoms with Gasteiger partial charge in [-0.15, -0.1) is 0 Å². The summed E-state index contributed by atoms with van der Waals surface area (Å²) in [6.45, 7) is 7.32. The maximum Gasteiger partial charge on any atom is 0.165 e. The molecule has 0 aromatic heterocycles. The Labute approximate surface area is 165 Å². The third kappa shape index (κ3) is 6.01. The van der Waals surface area contributed by atoms with Crippen molar-refractivity contribution in [3.63, 3.8) is 0 Å². The molecule has 0 bridgehead atoms. The number of hydrogen-bond acceptors (Lipinski definition) is 6. The topological polar surface area (TPSA) is 93.1 Å². The molecule has 0 saturated heterocycles. The van der Waals surface area contributed by atoms with Crippen molar-refractivity contribution < 1.29 is 29.3 Å². The monoisotopic (exact) mass is 388 g/mol. The van der Waals surface area contributed by atoms with E-state index in [0.29, 0.717) is 22.6 Å². The molecule has 152 valence electrons. The summed E-state index contributed by atoms with van der Waals surface area (Å²) in [5.74, 6) is 0.701. The summed E-state index contributed by atoms with van der Waals surface area (Å²) in [4.78, 5) is 23.1.